The van der Waals surface area contributed by atoms with Gasteiger partial charge in [-0.1, -0.05) is 51.7 Å². The minimum absolute atomic E-state index is 0.0288. The molecule has 7 unspecified atom stereocenters. The van der Waals surface area contributed by atoms with Gasteiger partial charge in [-0.2, -0.15) is 0 Å². The molecule has 2 aromatic carbocycles. The molecule has 2 aromatic rings. The fraction of sp³-hybridized carbons (Fsp3) is 0.576. The normalized spacial score (nSPS) is 28.0. The van der Waals surface area contributed by atoms with Crippen LogP contribution in [-0.4, -0.2) is 30.7 Å². The predicted molar refractivity (Wildman–Crippen MR) is 154 cm³/mol. The fourth-order valence-electron chi connectivity index (χ4n) is 7.33. The first kappa shape index (κ1) is 27.7. The Kier molecular flexibility index (Phi) is 8.91. The van der Waals surface area contributed by atoms with E-state index in [0.717, 1.165) is 49.9 Å². The number of nitrogens with two attached hydrogens (primary N) is 1. The van der Waals surface area contributed by atoms with Gasteiger partial charge >= 0.3 is 11.9 Å². The Morgan fingerprint density at radius 3 is 1.87 bits per heavy atom. The van der Waals surface area contributed by atoms with E-state index in [9.17, 15) is 9.59 Å². The van der Waals surface area contributed by atoms with Crippen molar-refractivity contribution >= 4 is 17.6 Å². The number of rotatable bonds is 11. The molecule has 3 N–H and O–H groups in total. The van der Waals surface area contributed by atoms with Crippen molar-refractivity contribution in [2.75, 3.05) is 11.9 Å². The quantitative estimate of drug-likeness (QED) is 0.241. The molecule has 6 heteroatoms. The van der Waals surface area contributed by atoms with Gasteiger partial charge in [0.1, 0.15) is 12.2 Å². The summed E-state index contributed by atoms with van der Waals surface area (Å²) in [6, 6.07) is 14.9. The van der Waals surface area contributed by atoms with Crippen LogP contribution in [0.25, 0.3) is 0 Å². The molecule has 0 aliphatic heterocycles. The number of carbonyl (C=O) groups excluding carboxylic acids is 2. The van der Waals surface area contributed by atoms with Crippen LogP contribution in [0.3, 0.4) is 0 Å². The molecule has 0 saturated heterocycles. The number of ether oxygens (including phenoxy) is 2. The number of esters is 2. The fourth-order valence-corrected chi connectivity index (χ4v) is 7.33. The van der Waals surface area contributed by atoms with E-state index in [4.69, 9.17) is 15.2 Å². The maximum atomic E-state index is 13.3. The van der Waals surface area contributed by atoms with Crippen LogP contribution >= 0.6 is 0 Å². The van der Waals surface area contributed by atoms with Crippen LogP contribution in [0, 0.1) is 23.7 Å². The van der Waals surface area contributed by atoms with E-state index in [1.54, 1.807) is 12.1 Å². The lowest BCUT2D eigenvalue weighted by molar-refractivity contribution is -0.0872. The van der Waals surface area contributed by atoms with E-state index in [1.807, 2.05) is 36.4 Å². The summed E-state index contributed by atoms with van der Waals surface area (Å²) in [5.41, 5.74) is 9.32. The van der Waals surface area contributed by atoms with Crippen molar-refractivity contribution < 1.29 is 19.1 Å². The molecule has 210 valence electrons. The Labute approximate surface area is 233 Å². The predicted octanol–water partition coefficient (Wildman–Crippen LogP) is 6.91. The third-order valence-corrected chi connectivity index (χ3v) is 9.33. The standard InChI is InChI=1S/C33H44N2O4/c1-3-5-19-35-24-17-15-23(16-18-24)33(37)39-31-28-20-27(25-9-6-7-10-26(25)28)30(31)38-32(36)22-13-11-21(12-14-22)29(34)8-4-2/h11-18,25-31,35H,3-10,19-20,34H2,1-2H3. The van der Waals surface area contributed by atoms with Crippen molar-refractivity contribution in [2.45, 2.75) is 89.9 Å². The second-order valence-corrected chi connectivity index (χ2v) is 11.8. The van der Waals surface area contributed by atoms with Crippen LogP contribution in [0.2, 0.25) is 0 Å². The summed E-state index contributed by atoms with van der Waals surface area (Å²) in [6.07, 6.45) is 9.14. The lowest BCUT2D eigenvalue weighted by Crippen LogP contribution is -2.47. The van der Waals surface area contributed by atoms with Gasteiger partial charge in [0.2, 0.25) is 0 Å². The molecule has 2 bridgehead atoms. The molecule has 3 aliphatic rings. The Morgan fingerprint density at radius 2 is 1.36 bits per heavy atom. The van der Waals surface area contributed by atoms with Crippen LogP contribution in [0.5, 0.6) is 0 Å². The monoisotopic (exact) mass is 532 g/mol. The van der Waals surface area contributed by atoms with Crippen LogP contribution in [0.15, 0.2) is 48.5 Å². The number of nitrogens with one attached hydrogen (secondary N) is 1. The molecule has 3 aliphatic carbocycles. The zero-order valence-electron chi connectivity index (χ0n) is 23.4. The van der Waals surface area contributed by atoms with Crippen LogP contribution < -0.4 is 11.1 Å². The molecule has 0 spiro atoms. The van der Waals surface area contributed by atoms with Crippen LogP contribution in [-0.2, 0) is 9.47 Å². The first-order valence-corrected chi connectivity index (χ1v) is 15.1. The topological polar surface area (TPSA) is 90.6 Å². The van der Waals surface area contributed by atoms with Crippen molar-refractivity contribution in [3.05, 3.63) is 65.2 Å². The number of benzene rings is 2. The van der Waals surface area contributed by atoms with Gasteiger partial charge in [-0.05, 0) is 85.9 Å². The Hall–Kier alpha value is -2.86. The number of hydrogen-bond donors (Lipinski definition) is 2. The minimum Gasteiger partial charge on any atom is -0.455 e. The molecule has 0 radical (unpaired) electrons. The molecule has 0 aromatic heterocycles. The van der Waals surface area contributed by atoms with Gasteiger partial charge in [0.15, 0.2) is 0 Å². The Morgan fingerprint density at radius 1 is 0.821 bits per heavy atom. The molecule has 0 amide bonds. The summed E-state index contributed by atoms with van der Waals surface area (Å²) in [5, 5.41) is 3.38. The lowest BCUT2D eigenvalue weighted by Gasteiger charge is -2.42. The highest BCUT2D eigenvalue weighted by molar-refractivity contribution is 5.91. The summed E-state index contributed by atoms with van der Waals surface area (Å²) >= 11 is 0. The van der Waals surface area contributed by atoms with Crippen LogP contribution in [0.4, 0.5) is 5.69 Å². The zero-order valence-corrected chi connectivity index (χ0v) is 23.4. The number of anilines is 1. The molecule has 39 heavy (non-hydrogen) atoms. The average Bonchev–Trinajstić information content (AvgIpc) is 3.51. The van der Waals surface area contributed by atoms with Crippen molar-refractivity contribution in [1.29, 1.82) is 0 Å². The highest BCUT2D eigenvalue weighted by Gasteiger charge is 2.61. The zero-order chi connectivity index (χ0) is 27.4. The van der Waals surface area contributed by atoms with E-state index in [0.29, 0.717) is 23.0 Å². The molecule has 3 saturated carbocycles. The molecule has 7 atom stereocenters. The third kappa shape index (κ3) is 6.01. The summed E-state index contributed by atoms with van der Waals surface area (Å²) in [7, 11) is 0. The first-order valence-electron chi connectivity index (χ1n) is 15.1. The lowest BCUT2D eigenvalue weighted by atomic mass is 9.69. The van der Waals surface area contributed by atoms with Crippen molar-refractivity contribution in [2.24, 2.45) is 29.4 Å². The maximum absolute atomic E-state index is 13.3. The number of hydrogen-bond acceptors (Lipinski definition) is 6. The minimum atomic E-state index is -0.400. The number of fused-ring (bicyclic) bond motifs is 5. The van der Waals surface area contributed by atoms with Gasteiger partial charge in [-0.3, -0.25) is 0 Å². The molecule has 6 nitrogen and oxygen atoms in total. The highest BCUT2D eigenvalue weighted by atomic mass is 16.6. The molecular weight excluding hydrogens is 488 g/mol. The van der Waals surface area contributed by atoms with Gasteiger partial charge in [0, 0.05) is 30.1 Å². The van der Waals surface area contributed by atoms with E-state index in [2.05, 4.69) is 19.2 Å². The largest absolute Gasteiger partial charge is 0.455 e. The van der Waals surface area contributed by atoms with Gasteiger partial charge < -0.3 is 20.5 Å². The van der Waals surface area contributed by atoms with E-state index < -0.39 is 12.2 Å². The maximum Gasteiger partial charge on any atom is 0.338 e. The van der Waals surface area contributed by atoms with Gasteiger partial charge in [0.25, 0.3) is 0 Å². The van der Waals surface area contributed by atoms with Crippen molar-refractivity contribution in [3.8, 4) is 0 Å². The van der Waals surface area contributed by atoms with E-state index >= 15 is 0 Å². The summed E-state index contributed by atoms with van der Waals surface area (Å²) in [6.45, 7) is 5.19. The average molecular weight is 533 g/mol. The molecule has 5 rings (SSSR count). The van der Waals surface area contributed by atoms with E-state index in [-0.39, 0.29) is 29.8 Å². The SMILES string of the molecule is CCCCNc1ccc(C(=O)OC2C3CC(C4CCCCC43)C2OC(=O)c2ccc(C(N)CCC)cc2)cc1. The van der Waals surface area contributed by atoms with Gasteiger partial charge in [-0.15, -0.1) is 0 Å². The van der Waals surface area contributed by atoms with Gasteiger partial charge in [-0.25, -0.2) is 9.59 Å². The molecule has 3 fully saturated rings. The summed E-state index contributed by atoms with van der Waals surface area (Å²) in [5.74, 6) is 0.936. The molecular formula is C33H44N2O4. The van der Waals surface area contributed by atoms with Crippen LogP contribution in [0.1, 0.15) is 104 Å². The Balaban J connectivity index is 1.29. The highest BCUT2D eigenvalue weighted by Crippen LogP contribution is 2.59. The second kappa shape index (κ2) is 12.5. The van der Waals surface area contributed by atoms with Crippen molar-refractivity contribution in [3.63, 3.8) is 0 Å². The number of unbranched alkanes of at least 4 members (excludes halogenated alkanes) is 1. The Bertz CT molecular complexity index is 1120. The van der Waals surface area contributed by atoms with Gasteiger partial charge in [0.05, 0.1) is 11.1 Å². The smallest absolute Gasteiger partial charge is 0.338 e. The number of carbonyl (C=O) groups is 2. The summed E-state index contributed by atoms with van der Waals surface area (Å²) in [4.78, 5) is 26.6. The molecule has 0 heterocycles. The first-order chi connectivity index (χ1) is 19.0. The second-order valence-electron chi connectivity index (χ2n) is 11.8. The van der Waals surface area contributed by atoms with E-state index in [1.165, 1.54) is 25.7 Å². The summed E-state index contributed by atoms with van der Waals surface area (Å²) < 4.78 is 12.4. The third-order valence-electron chi connectivity index (χ3n) is 9.33. The van der Waals surface area contributed by atoms with Crippen molar-refractivity contribution in [1.82, 2.24) is 0 Å².